The average molecular weight is 578 g/mol. The van der Waals surface area contributed by atoms with E-state index in [-0.39, 0.29) is 0 Å². The highest BCUT2D eigenvalue weighted by atomic mass is 16.4. The van der Waals surface area contributed by atoms with Crippen molar-refractivity contribution in [3.8, 4) is 22.3 Å². The number of benzene rings is 7. The SMILES string of the molecule is c1ccc(-c2ccc(N(c3ccc(-c4ccccc4)cc3)c3cc4c5ccccc5oc4c4oc5ccccc5c34)cc2)cc1. The summed E-state index contributed by atoms with van der Waals surface area (Å²) >= 11 is 0. The predicted octanol–water partition coefficient (Wildman–Crippen LogP) is 12.3. The summed E-state index contributed by atoms with van der Waals surface area (Å²) < 4.78 is 13.0. The van der Waals surface area contributed by atoms with E-state index in [9.17, 15) is 0 Å². The highest BCUT2D eigenvalue weighted by Crippen LogP contribution is 2.48. The van der Waals surface area contributed by atoms with Gasteiger partial charge in [0.1, 0.15) is 11.2 Å². The van der Waals surface area contributed by atoms with Crippen molar-refractivity contribution in [1.82, 2.24) is 0 Å². The number of furan rings is 2. The van der Waals surface area contributed by atoms with E-state index in [1.165, 1.54) is 22.3 Å². The van der Waals surface area contributed by atoms with Crippen LogP contribution >= 0.6 is 0 Å². The van der Waals surface area contributed by atoms with Gasteiger partial charge in [0.2, 0.25) is 0 Å². The maximum Gasteiger partial charge on any atom is 0.180 e. The third-order valence-electron chi connectivity index (χ3n) is 8.68. The molecule has 0 aliphatic carbocycles. The molecule has 0 bridgehead atoms. The molecule has 2 heterocycles. The first-order chi connectivity index (χ1) is 22.3. The number of para-hydroxylation sites is 2. The molecule has 0 saturated carbocycles. The van der Waals surface area contributed by atoms with Gasteiger partial charge in [0.25, 0.3) is 0 Å². The molecule has 0 atom stereocenters. The number of nitrogens with zero attached hydrogens (tertiary/aromatic N) is 1. The maximum atomic E-state index is 6.59. The number of hydrogen-bond donors (Lipinski definition) is 0. The zero-order chi connectivity index (χ0) is 29.7. The molecule has 0 radical (unpaired) electrons. The van der Waals surface area contributed by atoms with Crippen LogP contribution in [-0.4, -0.2) is 0 Å². The molecule has 0 aliphatic rings. The first-order valence-corrected chi connectivity index (χ1v) is 15.2. The van der Waals surface area contributed by atoms with Gasteiger partial charge in [0.15, 0.2) is 11.2 Å². The minimum atomic E-state index is 0.756. The van der Waals surface area contributed by atoms with Crippen molar-refractivity contribution in [1.29, 1.82) is 0 Å². The third kappa shape index (κ3) is 4.21. The largest absolute Gasteiger partial charge is 0.452 e. The molecule has 7 aromatic carbocycles. The number of fused-ring (bicyclic) bond motifs is 7. The second kappa shape index (κ2) is 10.3. The molecule has 0 aliphatic heterocycles. The van der Waals surface area contributed by atoms with Gasteiger partial charge in [-0.1, -0.05) is 121 Å². The van der Waals surface area contributed by atoms with Crippen molar-refractivity contribution in [2.24, 2.45) is 0 Å². The molecule has 2 aromatic heterocycles. The Morgan fingerprint density at radius 3 is 1.38 bits per heavy atom. The van der Waals surface area contributed by atoms with E-state index in [1.807, 2.05) is 24.3 Å². The summed E-state index contributed by atoms with van der Waals surface area (Å²) in [6.07, 6.45) is 0. The fraction of sp³-hybridized carbons (Fsp3) is 0. The topological polar surface area (TPSA) is 29.5 Å². The standard InChI is InChI=1S/C42H27NO2/c1-3-11-28(12-4-1)30-19-23-32(24-20-30)43(33-25-21-31(22-26-33)29-13-5-2-6-14-29)37-27-36-34-15-7-9-17-38(34)44-41(36)42-40(37)35-16-8-10-18-39(35)45-42/h1-27H. The van der Waals surface area contributed by atoms with Gasteiger partial charge in [-0.2, -0.15) is 0 Å². The summed E-state index contributed by atoms with van der Waals surface area (Å²) in [5.74, 6) is 0. The van der Waals surface area contributed by atoms with Crippen molar-refractivity contribution >= 4 is 60.9 Å². The first kappa shape index (κ1) is 25.4. The summed E-state index contributed by atoms with van der Waals surface area (Å²) in [5.41, 5.74) is 11.1. The lowest BCUT2D eigenvalue weighted by molar-refractivity contribution is 0.633. The van der Waals surface area contributed by atoms with E-state index in [2.05, 4.69) is 144 Å². The minimum Gasteiger partial charge on any atom is -0.452 e. The lowest BCUT2D eigenvalue weighted by Gasteiger charge is -2.27. The number of rotatable bonds is 5. The Morgan fingerprint density at radius 1 is 0.356 bits per heavy atom. The van der Waals surface area contributed by atoms with Gasteiger partial charge in [-0.15, -0.1) is 0 Å². The van der Waals surface area contributed by atoms with E-state index in [1.54, 1.807) is 0 Å². The molecule has 0 saturated heterocycles. The van der Waals surface area contributed by atoms with Crippen LogP contribution in [0.3, 0.4) is 0 Å². The molecule has 0 fully saturated rings. The van der Waals surface area contributed by atoms with Crippen LogP contribution in [0, 0.1) is 0 Å². The Kier molecular flexibility index (Phi) is 5.82. The molecule has 0 spiro atoms. The highest BCUT2D eigenvalue weighted by molar-refractivity contribution is 6.24. The van der Waals surface area contributed by atoms with Crippen LogP contribution in [0.25, 0.3) is 66.1 Å². The fourth-order valence-corrected chi connectivity index (χ4v) is 6.52. The summed E-state index contributed by atoms with van der Waals surface area (Å²) in [7, 11) is 0. The molecule has 0 unspecified atom stereocenters. The molecule has 9 rings (SSSR count). The van der Waals surface area contributed by atoms with Crippen molar-refractivity contribution in [3.05, 3.63) is 164 Å². The van der Waals surface area contributed by atoms with Crippen molar-refractivity contribution in [3.63, 3.8) is 0 Å². The van der Waals surface area contributed by atoms with Crippen LogP contribution < -0.4 is 4.90 Å². The Bertz CT molecular complexity index is 2370. The lowest BCUT2D eigenvalue weighted by atomic mass is 10.0. The first-order valence-electron chi connectivity index (χ1n) is 15.2. The number of anilines is 3. The van der Waals surface area contributed by atoms with E-state index >= 15 is 0 Å². The smallest absolute Gasteiger partial charge is 0.180 e. The van der Waals surface area contributed by atoms with Crippen LogP contribution in [-0.2, 0) is 0 Å². The Morgan fingerprint density at radius 2 is 0.800 bits per heavy atom. The number of hydrogen-bond acceptors (Lipinski definition) is 3. The van der Waals surface area contributed by atoms with Gasteiger partial charge in [0, 0.05) is 27.5 Å². The summed E-state index contributed by atoms with van der Waals surface area (Å²) in [4.78, 5) is 2.34. The van der Waals surface area contributed by atoms with E-state index in [0.717, 1.165) is 60.9 Å². The summed E-state index contributed by atoms with van der Waals surface area (Å²) in [6.45, 7) is 0. The third-order valence-corrected chi connectivity index (χ3v) is 8.68. The maximum absolute atomic E-state index is 6.59. The zero-order valence-electron chi connectivity index (χ0n) is 24.4. The molecule has 212 valence electrons. The molecule has 0 N–H and O–H groups in total. The van der Waals surface area contributed by atoms with Crippen molar-refractivity contribution in [2.45, 2.75) is 0 Å². The quantitative estimate of drug-likeness (QED) is 0.204. The molecule has 45 heavy (non-hydrogen) atoms. The molecule has 0 amide bonds. The van der Waals surface area contributed by atoms with Gasteiger partial charge in [-0.25, -0.2) is 0 Å². The van der Waals surface area contributed by atoms with Crippen LogP contribution in [0.5, 0.6) is 0 Å². The Hall–Kier alpha value is -6.06. The van der Waals surface area contributed by atoms with Gasteiger partial charge in [0.05, 0.1) is 11.1 Å². The molecule has 3 nitrogen and oxygen atoms in total. The average Bonchev–Trinajstić information content (AvgIpc) is 3.69. The Balaban J connectivity index is 1.32. The minimum absolute atomic E-state index is 0.756. The lowest BCUT2D eigenvalue weighted by Crippen LogP contribution is -2.10. The van der Waals surface area contributed by atoms with E-state index in [4.69, 9.17) is 8.83 Å². The van der Waals surface area contributed by atoms with E-state index < -0.39 is 0 Å². The van der Waals surface area contributed by atoms with Gasteiger partial charge >= 0.3 is 0 Å². The van der Waals surface area contributed by atoms with Crippen LogP contribution in [0.1, 0.15) is 0 Å². The van der Waals surface area contributed by atoms with Crippen LogP contribution in [0.2, 0.25) is 0 Å². The van der Waals surface area contributed by atoms with Gasteiger partial charge in [-0.05, 0) is 64.7 Å². The summed E-state index contributed by atoms with van der Waals surface area (Å²) in [6, 6.07) is 57.4. The monoisotopic (exact) mass is 577 g/mol. The van der Waals surface area contributed by atoms with Gasteiger partial charge in [-0.3, -0.25) is 0 Å². The molecular formula is C42H27NO2. The fourth-order valence-electron chi connectivity index (χ4n) is 6.52. The zero-order valence-corrected chi connectivity index (χ0v) is 24.4. The molecule has 3 heteroatoms. The van der Waals surface area contributed by atoms with Crippen LogP contribution in [0.15, 0.2) is 173 Å². The highest BCUT2D eigenvalue weighted by Gasteiger charge is 2.24. The van der Waals surface area contributed by atoms with Gasteiger partial charge < -0.3 is 13.7 Å². The second-order valence-electron chi connectivity index (χ2n) is 11.3. The van der Waals surface area contributed by atoms with Crippen molar-refractivity contribution in [2.75, 3.05) is 4.90 Å². The molecule has 9 aromatic rings. The molecular weight excluding hydrogens is 550 g/mol. The van der Waals surface area contributed by atoms with E-state index in [0.29, 0.717) is 0 Å². The van der Waals surface area contributed by atoms with Crippen molar-refractivity contribution < 1.29 is 8.83 Å². The Labute approximate surface area is 260 Å². The van der Waals surface area contributed by atoms with Crippen LogP contribution in [0.4, 0.5) is 17.1 Å². The predicted molar refractivity (Wildman–Crippen MR) is 187 cm³/mol. The summed E-state index contributed by atoms with van der Waals surface area (Å²) in [5, 5.41) is 4.17. The normalized spacial score (nSPS) is 11.6. The second-order valence-corrected chi connectivity index (χ2v) is 11.3.